The second kappa shape index (κ2) is 9.05. The van der Waals surface area contributed by atoms with Crippen LogP contribution in [-0.4, -0.2) is 38.3 Å². The van der Waals surface area contributed by atoms with E-state index in [-0.39, 0.29) is 0 Å². The minimum Gasteiger partial charge on any atom is -0.369 e. The maximum Gasteiger partial charge on any atom is 0.107 e. The lowest BCUT2D eigenvalue weighted by atomic mass is 10.2. The maximum absolute atomic E-state index is 5.33. The molecule has 0 N–H and O–H groups in total. The van der Waals surface area contributed by atoms with Gasteiger partial charge in [-0.05, 0) is 26.3 Å². The van der Waals surface area contributed by atoms with Crippen LogP contribution in [0.4, 0.5) is 0 Å². The van der Waals surface area contributed by atoms with Crippen molar-refractivity contribution in [1.29, 1.82) is 0 Å². The Labute approximate surface area is 88.6 Å². The van der Waals surface area contributed by atoms with Gasteiger partial charge < -0.3 is 9.64 Å². The van der Waals surface area contributed by atoms with E-state index in [0.29, 0.717) is 6.61 Å². The van der Waals surface area contributed by atoms with E-state index in [1.807, 2.05) is 6.92 Å². The molecule has 0 spiro atoms. The molecule has 14 heavy (non-hydrogen) atoms. The average Bonchev–Trinajstić information content (AvgIpc) is 2.10. The van der Waals surface area contributed by atoms with E-state index in [1.54, 1.807) is 0 Å². The van der Waals surface area contributed by atoms with Gasteiger partial charge in [0.2, 0.25) is 0 Å². The number of nitrogens with zero attached hydrogens (tertiary/aromatic N) is 1. The Morgan fingerprint density at radius 1 is 1.36 bits per heavy atom. The normalized spacial score (nSPS) is 10.4. The van der Waals surface area contributed by atoms with Crippen LogP contribution in [0.5, 0.6) is 0 Å². The molecule has 0 aliphatic heterocycles. The predicted molar refractivity (Wildman–Crippen MR) is 61.2 cm³/mol. The fourth-order valence-corrected chi connectivity index (χ4v) is 1.35. The third-order valence-corrected chi connectivity index (χ3v) is 1.86. The molecule has 0 rings (SSSR count). The molecule has 2 heteroatoms. The molecule has 0 atom stereocenters. The second-order valence-electron chi connectivity index (χ2n) is 3.99. The molecule has 0 aromatic rings. The van der Waals surface area contributed by atoms with Gasteiger partial charge in [0.05, 0.1) is 0 Å². The van der Waals surface area contributed by atoms with Crippen molar-refractivity contribution >= 4 is 0 Å². The molecule has 0 radical (unpaired) electrons. The van der Waals surface area contributed by atoms with Crippen LogP contribution < -0.4 is 0 Å². The summed E-state index contributed by atoms with van der Waals surface area (Å²) in [6, 6.07) is 0. The lowest BCUT2D eigenvalue weighted by molar-refractivity contribution is 0.150. The van der Waals surface area contributed by atoms with Crippen molar-refractivity contribution in [2.45, 2.75) is 27.2 Å². The van der Waals surface area contributed by atoms with Crippen molar-refractivity contribution in [3.8, 4) is 11.8 Å². The Morgan fingerprint density at radius 2 is 2.07 bits per heavy atom. The highest BCUT2D eigenvalue weighted by Gasteiger charge is 2.00. The van der Waals surface area contributed by atoms with E-state index in [4.69, 9.17) is 4.74 Å². The summed E-state index contributed by atoms with van der Waals surface area (Å²) in [5.41, 5.74) is 0. The highest BCUT2D eigenvalue weighted by molar-refractivity contribution is 4.94. The van der Waals surface area contributed by atoms with E-state index < -0.39 is 0 Å². The summed E-state index contributed by atoms with van der Waals surface area (Å²) >= 11 is 0. The summed E-state index contributed by atoms with van der Waals surface area (Å²) in [6.45, 7) is 9.97. The maximum atomic E-state index is 5.33. The van der Waals surface area contributed by atoms with Crippen LogP contribution >= 0.6 is 0 Å². The first kappa shape index (κ1) is 13.5. The number of hydrogen-bond donors (Lipinski definition) is 0. The minimum atomic E-state index is 0.574. The lowest BCUT2D eigenvalue weighted by Crippen LogP contribution is -2.25. The van der Waals surface area contributed by atoms with Gasteiger partial charge in [-0.1, -0.05) is 19.8 Å². The monoisotopic (exact) mass is 197 g/mol. The highest BCUT2D eigenvalue weighted by Crippen LogP contribution is 1.96. The third kappa shape index (κ3) is 9.57. The topological polar surface area (TPSA) is 12.5 Å². The van der Waals surface area contributed by atoms with Crippen molar-refractivity contribution in [2.24, 2.45) is 5.92 Å². The van der Waals surface area contributed by atoms with E-state index in [0.717, 1.165) is 32.0 Å². The smallest absolute Gasteiger partial charge is 0.107 e. The molecule has 0 heterocycles. The van der Waals surface area contributed by atoms with E-state index in [1.165, 1.54) is 0 Å². The van der Waals surface area contributed by atoms with Crippen LogP contribution in [0.1, 0.15) is 27.2 Å². The largest absolute Gasteiger partial charge is 0.369 e. The molecular weight excluding hydrogens is 174 g/mol. The van der Waals surface area contributed by atoms with Gasteiger partial charge in [-0.3, -0.25) is 0 Å². The Bertz CT molecular complexity index is 178. The fourth-order valence-electron chi connectivity index (χ4n) is 1.35. The van der Waals surface area contributed by atoms with Crippen LogP contribution in [0, 0.1) is 17.8 Å². The molecule has 0 bridgehead atoms. The fraction of sp³-hybridized carbons (Fsp3) is 0.833. The minimum absolute atomic E-state index is 0.574. The van der Waals surface area contributed by atoms with Gasteiger partial charge in [-0.15, -0.1) is 5.92 Å². The van der Waals surface area contributed by atoms with Crippen molar-refractivity contribution < 1.29 is 4.74 Å². The molecule has 0 saturated carbocycles. The number of hydrogen-bond acceptors (Lipinski definition) is 2. The molecule has 0 aromatic heterocycles. The molecule has 82 valence electrons. The first-order valence-electron chi connectivity index (χ1n) is 5.32. The molecule has 0 unspecified atom stereocenters. The lowest BCUT2D eigenvalue weighted by Gasteiger charge is -2.18. The third-order valence-electron chi connectivity index (χ3n) is 1.86. The Hall–Kier alpha value is -0.520. The molecule has 0 aliphatic rings. The summed E-state index contributed by atoms with van der Waals surface area (Å²) in [5.74, 6) is 6.43. The SMILES string of the molecule is CC#CCOCCCN(C)CC(C)C. The predicted octanol–water partition coefficient (Wildman–Crippen LogP) is 2.00. The quantitative estimate of drug-likeness (QED) is 0.457. The van der Waals surface area contributed by atoms with Crippen LogP contribution in [-0.2, 0) is 4.74 Å². The number of rotatable bonds is 7. The van der Waals surface area contributed by atoms with Crippen LogP contribution in [0.25, 0.3) is 0 Å². The summed E-state index contributed by atoms with van der Waals surface area (Å²) in [4.78, 5) is 2.35. The van der Waals surface area contributed by atoms with Crippen molar-refractivity contribution in [3.05, 3.63) is 0 Å². The molecular formula is C12H23NO. The van der Waals surface area contributed by atoms with E-state index in [9.17, 15) is 0 Å². The summed E-state index contributed by atoms with van der Waals surface area (Å²) in [6.07, 6.45) is 1.09. The van der Waals surface area contributed by atoms with E-state index >= 15 is 0 Å². The standard InChI is InChI=1S/C12H23NO/c1-5-6-9-14-10-7-8-13(4)11-12(2)3/h12H,7-11H2,1-4H3. The van der Waals surface area contributed by atoms with Crippen molar-refractivity contribution in [2.75, 3.05) is 33.4 Å². The second-order valence-corrected chi connectivity index (χ2v) is 3.99. The molecule has 2 nitrogen and oxygen atoms in total. The Morgan fingerprint density at radius 3 is 2.64 bits per heavy atom. The molecule has 0 aromatic carbocycles. The molecule has 0 amide bonds. The molecule has 0 saturated heterocycles. The van der Waals surface area contributed by atoms with E-state index in [2.05, 4.69) is 37.6 Å². The molecule has 0 aliphatic carbocycles. The zero-order valence-corrected chi connectivity index (χ0v) is 9.97. The van der Waals surface area contributed by atoms with Gasteiger partial charge in [0.1, 0.15) is 6.61 Å². The van der Waals surface area contributed by atoms with Gasteiger partial charge >= 0.3 is 0 Å². The molecule has 0 fully saturated rings. The average molecular weight is 197 g/mol. The van der Waals surface area contributed by atoms with Gasteiger partial charge in [0, 0.05) is 19.7 Å². The summed E-state index contributed by atoms with van der Waals surface area (Å²) in [5, 5.41) is 0. The van der Waals surface area contributed by atoms with Crippen LogP contribution in [0.15, 0.2) is 0 Å². The van der Waals surface area contributed by atoms with Gasteiger partial charge in [-0.2, -0.15) is 0 Å². The van der Waals surface area contributed by atoms with Crippen molar-refractivity contribution in [1.82, 2.24) is 4.90 Å². The number of ether oxygens (including phenoxy) is 1. The highest BCUT2D eigenvalue weighted by atomic mass is 16.5. The summed E-state index contributed by atoms with van der Waals surface area (Å²) in [7, 11) is 2.16. The zero-order valence-electron chi connectivity index (χ0n) is 9.97. The van der Waals surface area contributed by atoms with Gasteiger partial charge in [0.15, 0.2) is 0 Å². The first-order chi connectivity index (χ1) is 6.66. The summed E-state index contributed by atoms with van der Waals surface area (Å²) < 4.78 is 5.33. The Balaban J connectivity index is 3.21. The Kier molecular flexibility index (Phi) is 8.72. The van der Waals surface area contributed by atoms with Gasteiger partial charge in [-0.25, -0.2) is 0 Å². The zero-order chi connectivity index (χ0) is 10.8. The van der Waals surface area contributed by atoms with Crippen LogP contribution in [0.3, 0.4) is 0 Å². The van der Waals surface area contributed by atoms with Gasteiger partial charge in [0.25, 0.3) is 0 Å². The van der Waals surface area contributed by atoms with Crippen molar-refractivity contribution in [3.63, 3.8) is 0 Å². The first-order valence-corrected chi connectivity index (χ1v) is 5.32. The van der Waals surface area contributed by atoms with Crippen LogP contribution in [0.2, 0.25) is 0 Å².